The van der Waals surface area contributed by atoms with Gasteiger partial charge in [0, 0.05) is 15.4 Å². The Hall–Kier alpha value is -1.28. The Labute approximate surface area is 120 Å². The molecule has 0 fully saturated rings. The highest BCUT2D eigenvalue weighted by Gasteiger charge is 2.09. The highest BCUT2D eigenvalue weighted by molar-refractivity contribution is 7.12. The average Bonchev–Trinajstić information content (AvgIpc) is 2.88. The molecule has 19 heavy (non-hydrogen) atoms. The van der Waals surface area contributed by atoms with Gasteiger partial charge in [-0.15, -0.1) is 11.3 Å². The zero-order valence-electron chi connectivity index (χ0n) is 12.2. The molecule has 1 atom stereocenters. The molecule has 1 N–H and O–H groups in total. The molecule has 2 rings (SSSR count). The number of benzene rings is 1. The maximum atomic E-state index is 3.60. The molecule has 0 aliphatic rings. The first-order chi connectivity index (χ1) is 9.10. The Morgan fingerprint density at radius 1 is 1.11 bits per heavy atom. The van der Waals surface area contributed by atoms with Gasteiger partial charge in [0.25, 0.3) is 0 Å². The zero-order chi connectivity index (χ0) is 13.8. The van der Waals surface area contributed by atoms with E-state index in [0.29, 0.717) is 12.0 Å². The van der Waals surface area contributed by atoms with E-state index in [9.17, 15) is 0 Å². The van der Waals surface area contributed by atoms with E-state index in [0.717, 1.165) is 6.42 Å². The van der Waals surface area contributed by atoms with Crippen molar-refractivity contribution >= 4 is 17.0 Å². The number of rotatable bonds is 5. The summed E-state index contributed by atoms with van der Waals surface area (Å²) in [4.78, 5) is 2.87. The van der Waals surface area contributed by atoms with Gasteiger partial charge in [-0.2, -0.15) is 0 Å². The van der Waals surface area contributed by atoms with E-state index in [2.05, 4.69) is 69.4 Å². The van der Waals surface area contributed by atoms with Gasteiger partial charge in [-0.05, 0) is 49.1 Å². The Kier molecular flexibility index (Phi) is 4.65. The summed E-state index contributed by atoms with van der Waals surface area (Å²) in [5, 5.41) is 3.60. The van der Waals surface area contributed by atoms with Crippen LogP contribution in [-0.4, -0.2) is 0 Å². The van der Waals surface area contributed by atoms with Gasteiger partial charge >= 0.3 is 0 Å². The summed E-state index contributed by atoms with van der Waals surface area (Å²) in [6.45, 7) is 8.90. The molecule has 0 amide bonds. The van der Waals surface area contributed by atoms with Crippen molar-refractivity contribution in [2.45, 2.75) is 46.1 Å². The first-order valence-corrected chi connectivity index (χ1v) is 7.87. The van der Waals surface area contributed by atoms with Crippen LogP contribution in [0, 0.1) is 0 Å². The first kappa shape index (κ1) is 14.1. The molecule has 1 heterocycles. The van der Waals surface area contributed by atoms with Crippen molar-refractivity contribution in [1.82, 2.24) is 0 Å². The number of nitrogens with one attached hydrogen (secondary N) is 1. The fourth-order valence-corrected chi connectivity index (χ4v) is 3.08. The third-order valence-corrected chi connectivity index (χ3v) is 4.81. The SMILES string of the molecule is CCc1ccc(C(C)Nc2cccc(C(C)C)c2)s1. The third-order valence-electron chi connectivity index (χ3n) is 3.39. The normalized spacial score (nSPS) is 12.7. The van der Waals surface area contributed by atoms with Crippen LogP contribution < -0.4 is 5.32 Å². The lowest BCUT2D eigenvalue weighted by atomic mass is 10.0. The van der Waals surface area contributed by atoms with Crippen LogP contribution in [0.4, 0.5) is 5.69 Å². The Morgan fingerprint density at radius 3 is 2.53 bits per heavy atom. The largest absolute Gasteiger partial charge is 0.378 e. The molecule has 0 saturated heterocycles. The summed E-state index contributed by atoms with van der Waals surface area (Å²) in [7, 11) is 0. The quantitative estimate of drug-likeness (QED) is 0.747. The van der Waals surface area contributed by atoms with E-state index in [1.807, 2.05) is 11.3 Å². The van der Waals surface area contributed by atoms with Gasteiger partial charge in [0.2, 0.25) is 0 Å². The second kappa shape index (κ2) is 6.25. The van der Waals surface area contributed by atoms with Gasteiger partial charge in [0.1, 0.15) is 0 Å². The predicted molar refractivity (Wildman–Crippen MR) is 86.3 cm³/mol. The number of anilines is 1. The van der Waals surface area contributed by atoms with Crippen molar-refractivity contribution in [2.75, 3.05) is 5.32 Å². The summed E-state index contributed by atoms with van der Waals surface area (Å²) >= 11 is 1.91. The number of thiophene rings is 1. The summed E-state index contributed by atoms with van der Waals surface area (Å²) < 4.78 is 0. The van der Waals surface area contributed by atoms with Crippen LogP contribution in [0.5, 0.6) is 0 Å². The standard InChI is InChI=1S/C17H23NS/c1-5-16-9-10-17(19-16)13(4)18-15-8-6-7-14(11-15)12(2)3/h6-13,18H,5H2,1-4H3. The summed E-state index contributed by atoms with van der Waals surface area (Å²) in [6.07, 6.45) is 1.13. The van der Waals surface area contributed by atoms with E-state index < -0.39 is 0 Å². The van der Waals surface area contributed by atoms with Crippen molar-refractivity contribution in [3.8, 4) is 0 Å². The smallest absolute Gasteiger partial charge is 0.0578 e. The van der Waals surface area contributed by atoms with E-state index in [-0.39, 0.29) is 0 Å². The highest BCUT2D eigenvalue weighted by Crippen LogP contribution is 2.27. The van der Waals surface area contributed by atoms with Crippen molar-refractivity contribution in [1.29, 1.82) is 0 Å². The van der Waals surface area contributed by atoms with Crippen LogP contribution in [-0.2, 0) is 6.42 Å². The molecular weight excluding hydrogens is 250 g/mol. The zero-order valence-corrected chi connectivity index (χ0v) is 13.1. The highest BCUT2D eigenvalue weighted by atomic mass is 32.1. The summed E-state index contributed by atoms with van der Waals surface area (Å²) in [5.41, 5.74) is 2.60. The van der Waals surface area contributed by atoms with Gasteiger partial charge in [-0.3, -0.25) is 0 Å². The summed E-state index contributed by atoms with van der Waals surface area (Å²) in [6, 6.07) is 13.6. The van der Waals surface area contributed by atoms with Gasteiger partial charge < -0.3 is 5.32 Å². The lowest BCUT2D eigenvalue weighted by Gasteiger charge is -2.15. The van der Waals surface area contributed by atoms with Crippen molar-refractivity contribution in [3.05, 3.63) is 51.7 Å². The van der Waals surface area contributed by atoms with E-state index in [4.69, 9.17) is 0 Å². The molecular formula is C17H23NS. The van der Waals surface area contributed by atoms with E-state index >= 15 is 0 Å². The predicted octanol–water partition coefficient (Wildman–Crippen LogP) is 5.61. The van der Waals surface area contributed by atoms with Crippen molar-refractivity contribution in [2.24, 2.45) is 0 Å². The Morgan fingerprint density at radius 2 is 1.89 bits per heavy atom. The Balaban J connectivity index is 2.09. The van der Waals surface area contributed by atoms with Gasteiger partial charge in [-0.1, -0.05) is 32.9 Å². The number of hydrogen-bond donors (Lipinski definition) is 1. The molecule has 2 aromatic rings. The minimum Gasteiger partial charge on any atom is -0.378 e. The molecule has 0 spiro atoms. The number of hydrogen-bond acceptors (Lipinski definition) is 2. The van der Waals surface area contributed by atoms with Crippen LogP contribution in [0.25, 0.3) is 0 Å². The van der Waals surface area contributed by atoms with Gasteiger partial charge in [0.05, 0.1) is 6.04 Å². The first-order valence-electron chi connectivity index (χ1n) is 7.05. The fraction of sp³-hybridized carbons (Fsp3) is 0.412. The maximum Gasteiger partial charge on any atom is 0.0578 e. The molecule has 0 bridgehead atoms. The molecule has 0 aliphatic carbocycles. The van der Waals surface area contributed by atoms with Gasteiger partial charge in [-0.25, -0.2) is 0 Å². The van der Waals surface area contributed by atoms with Crippen molar-refractivity contribution < 1.29 is 0 Å². The molecule has 1 unspecified atom stereocenters. The molecule has 102 valence electrons. The molecule has 1 nitrogen and oxygen atoms in total. The van der Waals surface area contributed by atoms with E-state index in [1.165, 1.54) is 21.0 Å². The molecule has 0 aliphatic heterocycles. The van der Waals surface area contributed by atoms with Crippen LogP contribution in [0.15, 0.2) is 36.4 Å². The van der Waals surface area contributed by atoms with Crippen molar-refractivity contribution in [3.63, 3.8) is 0 Å². The second-order valence-electron chi connectivity index (χ2n) is 5.30. The lowest BCUT2D eigenvalue weighted by Crippen LogP contribution is -2.05. The minimum absolute atomic E-state index is 0.368. The van der Waals surface area contributed by atoms with Crippen LogP contribution >= 0.6 is 11.3 Å². The summed E-state index contributed by atoms with van der Waals surface area (Å²) in [5.74, 6) is 0.575. The lowest BCUT2D eigenvalue weighted by molar-refractivity contribution is 0.862. The topological polar surface area (TPSA) is 12.0 Å². The molecule has 1 aromatic heterocycles. The fourth-order valence-electron chi connectivity index (χ4n) is 2.13. The minimum atomic E-state index is 0.368. The molecule has 2 heteroatoms. The second-order valence-corrected chi connectivity index (χ2v) is 6.50. The molecule has 0 saturated carbocycles. The van der Waals surface area contributed by atoms with Crippen LogP contribution in [0.2, 0.25) is 0 Å². The third kappa shape index (κ3) is 3.60. The van der Waals surface area contributed by atoms with Crippen LogP contribution in [0.1, 0.15) is 55.0 Å². The molecule has 1 aromatic carbocycles. The van der Waals surface area contributed by atoms with Gasteiger partial charge in [0.15, 0.2) is 0 Å². The average molecular weight is 273 g/mol. The number of aryl methyl sites for hydroxylation is 1. The van der Waals surface area contributed by atoms with Crippen LogP contribution in [0.3, 0.4) is 0 Å². The van der Waals surface area contributed by atoms with E-state index in [1.54, 1.807) is 0 Å². The maximum absolute atomic E-state index is 3.60. The monoisotopic (exact) mass is 273 g/mol. The Bertz CT molecular complexity index is 528. The molecule has 0 radical (unpaired) electrons.